The fraction of sp³-hybridized carbons (Fsp3) is 0.900. The Balaban J connectivity index is 3.75. The van der Waals surface area contributed by atoms with Gasteiger partial charge in [0.2, 0.25) is 5.91 Å². The lowest BCUT2D eigenvalue weighted by molar-refractivity contribution is -0.122. The molecule has 0 saturated carbocycles. The zero-order chi connectivity index (χ0) is 10.3. The molecule has 0 saturated heterocycles. The Morgan fingerprint density at radius 2 is 2.08 bits per heavy atom. The lowest BCUT2D eigenvalue weighted by Gasteiger charge is -2.25. The lowest BCUT2D eigenvalue weighted by atomic mass is 9.99. The number of hydrogen-bond acceptors (Lipinski definition) is 2. The van der Waals surface area contributed by atoms with Crippen LogP contribution in [0.2, 0.25) is 0 Å². The molecule has 1 amide bonds. The highest BCUT2D eigenvalue weighted by atomic mass is 16.1. The maximum atomic E-state index is 11.3. The average Bonchev–Trinajstić information content (AvgIpc) is 1.99. The van der Waals surface area contributed by atoms with Crippen LogP contribution in [-0.4, -0.2) is 18.0 Å². The lowest BCUT2D eigenvalue weighted by Crippen LogP contribution is -2.43. The molecule has 0 aliphatic carbocycles. The Bertz CT molecular complexity index is 155. The monoisotopic (exact) mass is 186 g/mol. The molecule has 3 heteroatoms. The summed E-state index contributed by atoms with van der Waals surface area (Å²) in [6, 6.07) is 0. The molecule has 0 bridgehead atoms. The van der Waals surface area contributed by atoms with Crippen LogP contribution in [0.25, 0.3) is 0 Å². The molecule has 3 nitrogen and oxygen atoms in total. The van der Waals surface area contributed by atoms with Gasteiger partial charge in [0, 0.05) is 12.0 Å². The first-order valence-electron chi connectivity index (χ1n) is 5.03. The smallest absolute Gasteiger partial charge is 0.220 e. The van der Waals surface area contributed by atoms with Crippen LogP contribution in [0, 0.1) is 0 Å². The highest BCUT2D eigenvalue weighted by molar-refractivity contribution is 5.76. The fourth-order valence-corrected chi connectivity index (χ4v) is 1.39. The largest absolute Gasteiger partial charge is 0.351 e. The second-order valence-electron chi connectivity index (χ2n) is 4.07. The summed E-state index contributed by atoms with van der Waals surface area (Å²) in [6.45, 7) is 6.81. The van der Waals surface area contributed by atoms with E-state index in [1.807, 2.05) is 0 Å². The minimum atomic E-state index is -0.0690. The van der Waals surface area contributed by atoms with Gasteiger partial charge >= 0.3 is 0 Å². The number of hydrogen-bond donors (Lipinski definition) is 2. The summed E-state index contributed by atoms with van der Waals surface area (Å²) >= 11 is 0. The number of nitrogens with one attached hydrogen (secondary N) is 1. The van der Waals surface area contributed by atoms with Crippen LogP contribution in [0.3, 0.4) is 0 Å². The number of nitrogens with two attached hydrogens (primary N) is 1. The normalized spacial score (nSPS) is 11.4. The van der Waals surface area contributed by atoms with Gasteiger partial charge in [0.25, 0.3) is 0 Å². The number of amides is 1. The fourth-order valence-electron chi connectivity index (χ4n) is 1.39. The molecular formula is C10H22N2O. The van der Waals surface area contributed by atoms with Crippen LogP contribution >= 0.6 is 0 Å². The van der Waals surface area contributed by atoms with E-state index in [0.29, 0.717) is 13.0 Å². The average molecular weight is 186 g/mol. The Morgan fingerprint density at radius 3 is 2.54 bits per heavy atom. The summed E-state index contributed by atoms with van der Waals surface area (Å²) in [5, 5.41) is 3.00. The summed E-state index contributed by atoms with van der Waals surface area (Å²) in [5.41, 5.74) is 5.25. The van der Waals surface area contributed by atoms with Gasteiger partial charge in [0.05, 0.1) is 0 Å². The van der Waals surface area contributed by atoms with Gasteiger partial charge < -0.3 is 11.1 Å². The summed E-state index contributed by atoms with van der Waals surface area (Å²) < 4.78 is 0. The van der Waals surface area contributed by atoms with Gasteiger partial charge in [-0.15, -0.1) is 0 Å². The van der Waals surface area contributed by atoms with Crippen LogP contribution in [-0.2, 0) is 4.79 Å². The summed E-state index contributed by atoms with van der Waals surface area (Å²) in [7, 11) is 0. The molecule has 3 N–H and O–H groups in total. The van der Waals surface area contributed by atoms with E-state index in [1.54, 1.807) is 0 Å². The van der Waals surface area contributed by atoms with E-state index in [0.717, 1.165) is 19.3 Å². The zero-order valence-electron chi connectivity index (χ0n) is 9.02. The Morgan fingerprint density at radius 1 is 1.46 bits per heavy atom. The molecule has 13 heavy (non-hydrogen) atoms. The third-order valence-corrected chi connectivity index (χ3v) is 1.96. The second kappa shape index (κ2) is 5.97. The molecule has 78 valence electrons. The molecule has 0 unspecified atom stereocenters. The Hall–Kier alpha value is -0.570. The third-order valence-electron chi connectivity index (χ3n) is 1.96. The van der Waals surface area contributed by atoms with Crippen molar-refractivity contribution in [3.05, 3.63) is 0 Å². The highest BCUT2D eigenvalue weighted by Crippen LogP contribution is 2.10. The van der Waals surface area contributed by atoms with Gasteiger partial charge in [-0.05, 0) is 33.2 Å². The maximum absolute atomic E-state index is 11.3. The van der Waals surface area contributed by atoms with E-state index >= 15 is 0 Å². The maximum Gasteiger partial charge on any atom is 0.220 e. The minimum absolute atomic E-state index is 0.0690. The summed E-state index contributed by atoms with van der Waals surface area (Å²) in [6.07, 6.45) is 3.42. The first-order chi connectivity index (χ1) is 6.02. The quantitative estimate of drug-likeness (QED) is 0.659. The molecule has 0 spiro atoms. The summed E-state index contributed by atoms with van der Waals surface area (Å²) in [5.74, 6) is 0.115. The number of carbonyl (C=O) groups excluding carboxylic acids is 1. The Labute approximate surface area is 81.1 Å². The zero-order valence-corrected chi connectivity index (χ0v) is 9.02. The van der Waals surface area contributed by atoms with Crippen molar-refractivity contribution in [2.24, 2.45) is 5.73 Å². The molecule has 0 radical (unpaired) electrons. The van der Waals surface area contributed by atoms with Crippen molar-refractivity contribution in [2.75, 3.05) is 6.54 Å². The van der Waals surface area contributed by atoms with E-state index in [4.69, 9.17) is 5.73 Å². The van der Waals surface area contributed by atoms with Crippen LogP contribution in [0.15, 0.2) is 0 Å². The van der Waals surface area contributed by atoms with Crippen LogP contribution in [0.1, 0.15) is 46.5 Å². The first kappa shape index (κ1) is 12.4. The second-order valence-corrected chi connectivity index (χ2v) is 4.07. The molecule has 0 rings (SSSR count). The SMILES string of the molecule is CCCC(C)(C)NC(=O)CCCN. The van der Waals surface area contributed by atoms with E-state index in [9.17, 15) is 4.79 Å². The number of carbonyl (C=O) groups is 1. The highest BCUT2D eigenvalue weighted by Gasteiger charge is 2.18. The van der Waals surface area contributed by atoms with Gasteiger partial charge in [0.15, 0.2) is 0 Å². The van der Waals surface area contributed by atoms with Crippen molar-refractivity contribution in [2.45, 2.75) is 52.0 Å². The molecule has 0 aliphatic heterocycles. The standard InChI is InChI=1S/C10H22N2O/c1-4-7-10(2,3)12-9(13)6-5-8-11/h4-8,11H2,1-3H3,(H,12,13). The molecule has 0 aromatic heterocycles. The van der Waals surface area contributed by atoms with E-state index < -0.39 is 0 Å². The van der Waals surface area contributed by atoms with Crippen molar-refractivity contribution in [1.82, 2.24) is 5.32 Å². The summed E-state index contributed by atoms with van der Waals surface area (Å²) in [4.78, 5) is 11.3. The van der Waals surface area contributed by atoms with Crippen molar-refractivity contribution in [3.8, 4) is 0 Å². The van der Waals surface area contributed by atoms with Gasteiger partial charge in [-0.2, -0.15) is 0 Å². The first-order valence-corrected chi connectivity index (χ1v) is 5.03. The van der Waals surface area contributed by atoms with Crippen molar-refractivity contribution in [3.63, 3.8) is 0 Å². The van der Waals surface area contributed by atoms with Gasteiger partial charge in [-0.1, -0.05) is 13.3 Å². The molecule has 0 aromatic rings. The van der Waals surface area contributed by atoms with Crippen molar-refractivity contribution >= 4 is 5.91 Å². The van der Waals surface area contributed by atoms with Gasteiger partial charge in [-0.3, -0.25) is 4.79 Å². The predicted octanol–water partition coefficient (Wildman–Crippen LogP) is 1.42. The molecule has 0 aromatic carbocycles. The van der Waals surface area contributed by atoms with Gasteiger partial charge in [-0.25, -0.2) is 0 Å². The molecular weight excluding hydrogens is 164 g/mol. The third kappa shape index (κ3) is 6.58. The van der Waals surface area contributed by atoms with E-state index in [1.165, 1.54) is 0 Å². The van der Waals surface area contributed by atoms with Crippen LogP contribution < -0.4 is 11.1 Å². The van der Waals surface area contributed by atoms with E-state index in [2.05, 4.69) is 26.1 Å². The van der Waals surface area contributed by atoms with Crippen LogP contribution in [0.5, 0.6) is 0 Å². The molecule has 0 heterocycles. The van der Waals surface area contributed by atoms with Crippen LogP contribution in [0.4, 0.5) is 0 Å². The topological polar surface area (TPSA) is 55.1 Å². The van der Waals surface area contributed by atoms with Gasteiger partial charge in [0.1, 0.15) is 0 Å². The minimum Gasteiger partial charge on any atom is -0.351 e. The van der Waals surface area contributed by atoms with Crippen molar-refractivity contribution in [1.29, 1.82) is 0 Å². The van der Waals surface area contributed by atoms with Crippen molar-refractivity contribution < 1.29 is 4.79 Å². The Kier molecular flexibility index (Phi) is 5.71. The predicted molar refractivity (Wildman–Crippen MR) is 55.4 cm³/mol. The number of rotatable bonds is 6. The molecule has 0 fully saturated rings. The van der Waals surface area contributed by atoms with E-state index in [-0.39, 0.29) is 11.4 Å². The molecule has 0 aliphatic rings. The molecule has 0 atom stereocenters.